The number of carbonyl (C=O) groups excluding carboxylic acids is 1. The molecule has 0 spiro atoms. The molecule has 0 saturated carbocycles. The molecule has 5 nitrogen and oxygen atoms in total. The third-order valence-electron chi connectivity index (χ3n) is 3.65. The summed E-state index contributed by atoms with van der Waals surface area (Å²) in [5.41, 5.74) is 0.965. The maximum absolute atomic E-state index is 12.1. The van der Waals surface area contributed by atoms with E-state index in [1.54, 1.807) is 0 Å². The van der Waals surface area contributed by atoms with Gasteiger partial charge in [-0.25, -0.2) is 8.42 Å². The van der Waals surface area contributed by atoms with Crippen LogP contribution in [0.5, 0.6) is 5.75 Å². The first kappa shape index (κ1) is 15.8. The molecular weight excluding hydrogens is 290 g/mol. The number of hydrogen-bond donors (Lipinski definition) is 1. The van der Waals surface area contributed by atoms with Gasteiger partial charge in [-0.05, 0) is 38.0 Å². The second kappa shape index (κ2) is 6.47. The number of benzene rings is 1. The van der Waals surface area contributed by atoms with Crippen molar-refractivity contribution in [1.82, 2.24) is 5.32 Å². The monoisotopic (exact) mass is 311 g/mol. The molecule has 1 aliphatic rings. The van der Waals surface area contributed by atoms with Gasteiger partial charge in [0.2, 0.25) is 5.91 Å². The Kier molecular flexibility index (Phi) is 4.88. The lowest BCUT2D eigenvalue weighted by Crippen LogP contribution is -2.33. The molecule has 0 bridgehead atoms. The summed E-state index contributed by atoms with van der Waals surface area (Å²) in [6.45, 7) is 4.42. The molecule has 1 aromatic carbocycles. The van der Waals surface area contributed by atoms with Crippen LogP contribution in [0, 0.1) is 5.92 Å². The summed E-state index contributed by atoms with van der Waals surface area (Å²) in [5, 5.41) is 2.88. The molecule has 1 heterocycles. The van der Waals surface area contributed by atoms with Crippen molar-refractivity contribution in [2.45, 2.75) is 26.3 Å². The summed E-state index contributed by atoms with van der Waals surface area (Å²) >= 11 is 0. The van der Waals surface area contributed by atoms with Crippen LogP contribution in [-0.2, 0) is 14.6 Å². The molecule has 0 radical (unpaired) electrons. The summed E-state index contributed by atoms with van der Waals surface area (Å²) in [5.74, 6) is 0.274. The average Bonchev–Trinajstić information content (AvgIpc) is 2.80. The highest BCUT2D eigenvalue weighted by Crippen LogP contribution is 2.21. The highest BCUT2D eigenvalue weighted by molar-refractivity contribution is 7.91. The van der Waals surface area contributed by atoms with Crippen LogP contribution in [0.25, 0.3) is 0 Å². The van der Waals surface area contributed by atoms with Crippen LogP contribution < -0.4 is 10.1 Å². The second-order valence-corrected chi connectivity index (χ2v) is 7.56. The van der Waals surface area contributed by atoms with E-state index in [1.807, 2.05) is 38.1 Å². The minimum atomic E-state index is -3.03. The summed E-state index contributed by atoms with van der Waals surface area (Å²) in [4.78, 5) is 12.1. The van der Waals surface area contributed by atoms with Gasteiger partial charge < -0.3 is 10.1 Å². The van der Waals surface area contributed by atoms with E-state index < -0.39 is 15.8 Å². The number of carbonyl (C=O) groups is 1. The Morgan fingerprint density at radius 3 is 2.57 bits per heavy atom. The Hall–Kier alpha value is -1.56. The molecule has 0 aliphatic carbocycles. The maximum atomic E-state index is 12.1. The summed E-state index contributed by atoms with van der Waals surface area (Å²) in [6, 6.07) is 7.38. The fourth-order valence-electron chi connectivity index (χ4n) is 2.44. The first-order chi connectivity index (χ1) is 9.91. The molecule has 1 aliphatic heterocycles. The van der Waals surface area contributed by atoms with Crippen LogP contribution in [0.4, 0.5) is 0 Å². The molecule has 0 unspecified atom stereocenters. The molecular formula is C15H21NO4S. The summed E-state index contributed by atoms with van der Waals surface area (Å²) in [7, 11) is -3.03. The summed E-state index contributed by atoms with van der Waals surface area (Å²) in [6.07, 6.45) is 0.421. The Labute approximate surface area is 125 Å². The van der Waals surface area contributed by atoms with Crippen LogP contribution in [-0.4, -0.2) is 32.4 Å². The van der Waals surface area contributed by atoms with Gasteiger partial charge in [-0.1, -0.05) is 12.1 Å². The molecule has 1 N–H and O–H groups in total. The number of amides is 1. The average molecular weight is 311 g/mol. The molecule has 2 atom stereocenters. The third kappa shape index (κ3) is 4.20. The highest BCUT2D eigenvalue weighted by atomic mass is 32.2. The third-order valence-corrected chi connectivity index (χ3v) is 5.42. The van der Waals surface area contributed by atoms with Gasteiger partial charge in [0.1, 0.15) is 5.75 Å². The normalized spacial score (nSPS) is 21.7. The largest absolute Gasteiger partial charge is 0.494 e. The van der Waals surface area contributed by atoms with E-state index in [9.17, 15) is 13.2 Å². The number of sulfone groups is 1. The van der Waals surface area contributed by atoms with Crippen molar-refractivity contribution in [3.05, 3.63) is 29.8 Å². The van der Waals surface area contributed by atoms with Crippen LogP contribution in [0.3, 0.4) is 0 Å². The molecule has 116 valence electrons. The van der Waals surface area contributed by atoms with Crippen LogP contribution in [0.15, 0.2) is 24.3 Å². The first-order valence-corrected chi connectivity index (χ1v) is 8.97. The van der Waals surface area contributed by atoms with Gasteiger partial charge in [-0.2, -0.15) is 0 Å². The van der Waals surface area contributed by atoms with Crippen molar-refractivity contribution in [3.63, 3.8) is 0 Å². The topological polar surface area (TPSA) is 72.5 Å². The quantitative estimate of drug-likeness (QED) is 0.898. The fraction of sp³-hybridized carbons (Fsp3) is 0.533. The smallest absolute Gasteiger partial charge is 0.224 e. The van der Waals surface area contributed by atoms with Crippen molar-refractivity contribution in [1.29, 1.82) is 0 Å². The fourth-order valence-corrected chi connectivity index (χ4v) is 4.18. The number of hydrogen-bond acceptors (Lipinski definition) is 4. The van der Waals surface area contributed by atoms with Gasteiger partial charge >= 0.3 is 0 Å². The van der Waals surface area contributed by atoms with Crippen molar-refractivity contribution in [2.75, 3.05) is 18.1 Å². The lowest BCUT2D eigenvalue weighted by Gasteiger charge is -2.17. The van der Waals surface area contributed by atoms with Gasteiger partial charge in [-0.3, -0.25) is 4.79 Å². The minimum Gasteiger partial charge on any atom is -0.494 e. The Balaban J connectivity index is 1.94. The van der Waals surface area contributed by atoms with E-state index in [0.717, 1.165) is 11.3 Å². The van der Waals surface area contributed by atoms with Crippen molar-refractivity contribution in [2.24, 2.45) is 5.92 Å². The molecule has 1 saturated heterocycles. The van der Waals surface area contributed by atoms with Gasteiger partial charge in [0.15, 0.2) is 9.84 Å². The first-order valence-electron chi connectivity index (χ1n) is 7.15. The predicted molar refractivity (Wildman–Crippen MR) is 80.9 cm³/mol. The number of ether oxygens (including phenoxy) is 1. The van der Waals surface area contributed by atoms with Crippen molar-refractivity contribution in [3.8, 4) is 5.75 Å². The zero-order valence-corrected chi connectivity index (χ0v) is 13.2. The van der Waals surface area contributed by atoms with E-state index in [-0.39, 0.29) is 23.5 Å². The van der Waals surface area contributed by atoms with Crippen molar-refractivity contribution >= 4 is 15.7 Å². The van der Waals surface area contributed by atoms with E-state index in [0.29, 0.717) is 13.0 Å². The molecule has 1 amide bonds. The van der Waals surface area contributed by atoms with Gasteiger partial charge in [-0.15, -0.1) is 0 Å². The second-order valence-electron chi connectivity index (χ2n) is 5.33. The lowest BCUT2D eigenvalue weighted by atomic mass is 10.1. The predicted octanol–water partition coefficient (Wildman–Crippen LogP) is 1.70. The van der Waals surface area contributed by atoms with Crippen LogP contribution >= 0.6 is 0 Å². The Morgan fingerprint density at radius 1 is 1.38 bits per heavy atom. The Morgan fingerprint density at radius 2 is 2.05 bits per heavy atom. The Bertz CT molecular complexity index is 595. The number of rotatable bonds is 5. The van der Waals surface area contributed by atoms with Crippen molar-refractivity contribution < 1.29 is 17.9 Å². The van der Waals surface area contributed by atoms with E-state index >= 15 is 0 Å². The van der Waals surface area contributed by atoms with Gasteiger partial charge in [0.25, 0.3) is 0 Å². The zero-order chi connectivity index (χ0) is 15.5. The minimum absolute atomic E-state index is 0.0329. The molecule has 2 rings (SSSR count). The van der Waals surface area contributed by atoms with E-state index in [4.69, 9.17) is 4.74 Å². The van der Waals surface area contributed by atoms with E-state index in [1.165, 1.54) is 0 Å². The maximum Gasteiger partial charge on any atom is 0.224 e. The SMILES string of the molecule is CCOc1ccc([C@H](C)NC(=O)[C@@H]2CCS(=O)(=O)C2)cc1. The standard InChI is InChI=1S/C15H21NO4S/c1-3-20-14-6-4-12(5-7-14)11(2)16-15(17)13-8-9-21(18,19)10-13/h4-7,11,13H,3,8-10H2,1-2H3,(H,16,17)/t11-,13+/m0/s1. The lowest BCUT2D eigenvalue weighted by molar-refractivity contribution is -0.124. The van der Waals surface area contributed by atoms with Crippen LogP contribution in [0.1, 0.15) is 31.9 Å². The van der Waals surface area contributed by atoms with Gasteiger partial charge in [0, 0.05) is 0 Å². The molecule has 21 heavy (non-hydrogen) atoms. The zero-order valence-electron chi connectivity index (χ0n) is 12.3. The van der Waals surface area contributed by atoms with Crippen LogP contribution in [0.2, 0.25) is 0 Å². The molecule has 6 heteroatoms. The molecule has 1 fully saturated rings. The molecule has 0 aromatic heterocycles. The highest BCUT2D eigenvalue weighted by Gasteiger charge is 2.33. The van der Waals surface area contributed by atoms with E-state index in [2.05, 4.69) is 5.32 Å². The number of nitrogens with one attached hydrogen (secondary N) is 1. The summed E-state index contributed by atoms with van der Waals surface area (Å²) < 4.78 is 28.2. The molecule has 1 aromatic rings. The van der Waals surface area contributed by atoms with Gasteiger partial charge in [0.05, 0.1) is 30.1 Å².